The van der Waals surface area contributed by atoms with E-state index in [4.69, 9.17) is 26.6 Å². The fourth-order valence-corrected chi connectivity index (χ4v) is 25.7. The van der Waals surface area contributed by atoms with Crippen LogP contribution in [0.2, 0.25) is 4.47 Å². The van der Waals surface area contributed by atoms with E-state index in [0.29, 0.717) is 53.3 Å². The SMILES string of the molecule is CC1(C)CC(=O)C2=C(Cc3ncsc3[C@]23CCCCc2ccccc23)C1.CC1(C)CC(=O)C2=C(Cc3ncsc3[C@]23CCCc2ccccc23)C1.CC[C@]1(c2ccccc2)C2=C(Cc3nc(C)sc31)CC(C)(C)CC2=O.CC[C@]1(c2ccccc2)C2=C(Cc3nc(Cl)sc31)CC(C)(C)CC2=O. The van der Waals surface area contributed by atoms with Crippen molar-refractivity contribution in [2.24, 2.45) is 21.7 Å². The zero-order chi connectivity index (χ0) is 70.8. The monoisotopic (exact) mass is 1430 g/mol. The Morgan fingerprint density at radius 3 is 1.22 bits per heavy atom. The summed E-state index contributed by atoms with van der Waals surface area (Å²) in [7, 11) is 0. The molecule has 13 heteroatoms. The lowest BCUT2D eigenvalue weighted by molar-refractivity contribution is -0.119. The molecule has 0 saturated heterocycles. The van der Waals surface area contributed by atoms with E-state index in [0.717, 1.165) is 134 Å². The zero-order valence-electron chi connectivity index (χ0n) is 60.8. The van der Waals surface area contributed by atoms with Gasteiger partial charge in [0.2, 0.25) is 0 Å². The van der Waals surface area contributed by atoms with Crippen molar-refractivity contribution in [1.29, 1.82) is 0 Å². The molecule has 18 rings (SSSR count). The van der Waals surface area contributed by atoms with Crippen LogP contribution in [-0.2, 0) is 79.4 Å². The van der Waals surface area contributed by atoms with Crippen molar-refractivity contribution in [3.05, 3.63) is 250 Å². The van der Waals surface area contributed by atoms with E-state index >= 15 is 0 Å². The standard InChI is InChI=1S/C23H25NOS.C22H23NOS.C22H25NOS.C21H22ClNOS/c1-22(2)12-16-11-18-21(26-14-24-18)23(20(16)19(25)13-22)10-6-5-8-15-7-3-4-9-17(15)23;1-21(2)11-15-10-17-20(25-13-23-17)22(19(15)18(24)12-21)9-5-7-14-6-3-4-8-16(14)22;1-5-22(16-9-7-6-8-10-16)19-15(12-21(3,4)13-18(19)24)11-17-20(22)25-14(2)23-17;1-4-21(14-8-6-5-7-9-14)17-13(11-20(2,3)12-16(17)24)10-15-18(21)25-19(22)23-15/h3-4,7,9,14H,5-6,8,10-13H2,1-2H3;3-4,6,8,13H,5,7,9-12H2,1-2H3;6-10H,5,11-13H2,1-4H3;5-9H,4,10-12H2,1-3H3/t23-;2*22-;21-/m0000/s1. The van der Waals surface area contributed by atoms with Crippen LogP contribution >= 0.6 is 56.9 Å². The molecule has 2 spiro atoms. The molecule has 0 fully saturated rings. The van der Waals surface area contributed by atoms with Gasteiger partial charge in [0.15, 0.2) is 27.6 Å². The van der Waals surface area contributed by atoms with Gasteiger partial charge in [-0.2, -0.15) is 0 Å². The number of thiazole rings is 4. The predicted octanol–water partition coefficient (Wildman–Crippen LogP) is 21.5. The van der Waals surface area contributed by atoms with Gasteiger partial charge in [0.1, 0.15) is 0 Å². The molecule has 4 heterocycles. The molecule has 0 amide bonds. The first-order valence-corrected chi connectivity index (χ1v) is 40.8. The van der Waals surface area contributed by atoms with Gasteiger partial charge < -0.3 is 0 Å². The topological polar surface area (TPSA) is 120 Å². The molecule has 10 aliphatic rings. The first kappa shape index (κ1) is 70.0. The molecule has 8 nitrogen and oxygen atoms in total. The van der Waals surface area contributed by atoms with E-state index in [1.807, 2.05) is 17.1 Å². The Bertz CT molecular complexity index is 4670. The highest BCUT2D eigenvalue weighted by Crippen LogP contribution is 2.62. The maximum atomic E-state index is 13.5. The van der Waals surface area contributed by atoms with Crippen molar-refractivity contribution in [2.45, 2.75) is 233 Å². The Kier molecular flexibility index (Phi) is 18.1. The van der Waals surface area contributed by atoms with Gasteiger partial charge in [0.05, 0.1) is 60.5 Å². The van der Waals surface area contributed by atoms with Gasteiger partial charge in [-0.25, -0.2) is 19.9 Å². The van der Waals surface area contributed by atoms with Crippen molar-refractivity contribution in [2.75, 3.05) is 0 Å². The van der Waals surface area contributed by atoms with Crippen molar-refractivity contribution >= 4 is 80.1 Å². The Balaban J connectivity index is 0.000000109. The first-order valence-electron chi connectivity index (χ1n) is 37.1. The molecule has 0 bridgehead atoms. The third-order valence-electron chi connectivity index (χ3n) is 24.2. The largest absolute Gasteiger partial charge is 0.294 e. The average Bonchev–Trinajstić information content (AvgIpc) is 1.72. The Morgan fingerprint density at radius 1 is 0.406 bits per heavy atom. The summed E-state index contributed by atoms with van der Waals surface area (Å²) >= 11 is 13.2. The van der Waals surface area contributed by atoms with Crippen LogP contribution in [-0.4, -0.2) is 43.1 Å². The molecule has 10 aliphatic carbocycles. The van der Waals surface area contributed by atoms with Crippen LogP contribution in [0.15, 0.2) is 165 Å². The lowest BCUT2D eigenvalue weighted by atomic mass is 9.56. The molecule has 522 valence electrons. The fraction of sp³-hybridized carbons (Fsp3) is 0.455. The highest BCUT2D eigenvalue weighted by Gasteiger charge is 2.56. The molecule has 4 atom stereocenters. The highest BCUT2D eigenvalue weighted by atomic mass is 35.5. The van der Waals surface area contributed by atoms with E-state index in [1.165, 1.54) is 100 Å². The van der Waals surface area contributed by atoms with E-state index in [9.17, 15) is 19.2 Å². The van der Waals surface area contributed by atoms with Crippen LogP contribution in [0.4, 0.5) is 0 Å². The maximum Gasteiger partial charge on any atom is 0.184 e. The van der Waals surface area contributed by atoms with Crippen LogP contribution < -0.4 is 0 Å². The lowest BCUT2D eigenvalue weighted by Gasteiger charge is -2.47. The van der Waals surface area contributed by atoms with Crippen LogP contribution in [0.5, 0.6) is 0 Å². The number of carbonyl (C=O) groups is 4. The first-order chi connectivity index (χ1) is 48.3. The molecule has 0 unspecified atom stereocenters. The zero-order valence-corrected chi connectivity index (χ0v) is 64.9. The number of carbonyl (C=O) groups excluding carboxylic acids is 4. The van der Waals surface area contributed by atoms with Crippen LogP contribution in [0.25, 0.3) is 0 Å². The van der Waals surface area contributed by atoms with Gasteiger partial charge >= 0.3 is 0 Å². The van der Waals surface area contributed by atoms with Gasteiger partial charge in [0.25, 0.3) is 0 Å². The molecule has 4 aromatic carbocycles. The average molecular weight is 1440 g/mol. The minimum atomic E-state index is -0.400. The summed E-state index contributed by atoms with van der Waals surface area (Å²) < 4.78 is 0.574. The summed E-state index contributed by atoms with van der Waals surface area (Å²) in [5.41, 5.74) is 25.4. The van der Waals surface area contributed by atoms with E-state index in [1.54, 1.807) is 45.3 Å². The summed E-state index contributed by atoms with van der Waals surface area (Å²) in [6, 6.07) is 38.7. The number of aromatic nitrogens is 4. The number of rotatable bonds is 4. The molecule has 0 radical (unpaired) electrons. The highest BCUT2D eigenvalue weighted by molar-refractivity contribution is 7.16. The fourth-order valence-electron chi connectivity index (χ4n) is 20.9. The van der Waals surface area contributed by atoms with Crippen molar-refractivity contribution in [3.8, 4) is 0 Å². The minimum absolute atomic E-state index is 0.0173. The molecular formula is C88H95ClN4O4S4. The third-order valence-corrected chi connectivity index (χ3v) is 28.8. The maximum absolute atomic E-state index is 13.5. The summed E-state index contributed by atoms with van der Waals surface area (Å²) in [5, 5.41) is 1.10. The number of ketones is 4. The summed E-state index contributed by atoms with van der Waals surface area (Å²) in [6.07, 6.45) is 19.5. The minimum Gasteiger partial charge on any atom is -0.294 e. The Morgan fingerprint density at radius 2 is 0.772 bits per heavy atom. The number of halogens is 1. The van der Waals surface area contributed by atoms with Crippen molar-refractivity contribution in [1.82, 2.24) is 19.9 Å². The van der Waals surface area contributed by atoms with Gasteiger partial charge in [-0.3, -0.25) is 19.2 Å². The normalized spacial score (nSPS) is 25.9. The number of benzene rings is 4. The van der Waals surface area contributed by atoms with E-state index in [2.05, 4.69) is 184 Å². The number of nitrogens with zero attached hydrogens (tertiary/aromatic N) is 4. The number of allylic oxidation sites excluding steroid dienone is 8. The van der Waals surface area contributed by atoms with Crippen molar-refractivity contribution in [3.63, 3.8) is 0 Å². The summed E-state index contributed by atoms with van der Waals surface area (Å²) in [5.74, 6) is 1.40. The van der Waals surface area contributed by atoms with E-state index < -0.39 is 5.41 Å². The number of aryl methyl sites for hydroxylation is 3. The van der Waals surface area contributed by atoms with Crippen LogP contribution in [0.3, 0.4) is 0 Å². The Labute approximate surface area is 618 Å². The van der Waals surface area contributed by atoms with Crippen molar-refractivity contribution < 1.29 is 19.2 Å². The third kappa shape index (κ3) is 11.8. The van der Waals surface area contributed by atoms with Gasteiger partial charge in [-0.1, -0.05) is 219 Å². The van der Waals surface area contributed by atoms with Crippen LogP contribution in [0, 0.1) is 28.6 Å². The molecule has 0 N–H and O–H groups in total. The second-order valence-electron chi connectivity index (χ2n) is 33.8. The predicted molar refractivity (Wildman–Crippen MR) is 413 cm³/mol. The second-order valence-corrected chi connectivity index (χ2v) is 38.3. The molecule has 4 aromatic heterocycles. The smallest absolute Gasteiger partial charge is 0.184 e. The number of hydrogen-bond donors (Lipinski definition) is 0. The summed E-state index contributed by atoms with van der Waals surface area (Å²) in [4.78, 5) is 77.6. The molecule has 0 aliphatic heterocycles. The van der Waals surface area contributed by atoms with Crippen LogP contribution in [0.1, 0.15) is 246 Å². The number of fused-ring (bicyclic) bond motifs is 12. The molecule has 101 heavy (non-hydrogen) atoms. The molecule has 0 saturated carbocycles. The second kappa shape index (κ2) is 26.2. The number of hydrogen-bond acceptors (Lipinski definition) is 12. The quantitative estimate of drug-likeness (QED) is 0.171. The number of Topliss-reactive ketones (excluding diaryl/α,β-unsaturated/α-hetero) is 4. The molecule has 8 aromatic rings. The van der Waals surface area contributed by atoms with Gasteiger partial charge in [-0.05, 0) is 139 Å². The lowest BCUT2D eigenvalue weighted by Crippen LogP contribution is -2.44. The molecular weight excluding hydrogens is 1340 g/mol. The van der Waals surface area contributed by atoms with Gasteiger partial charge in [0, 0.05) is 93.2 Å². The summed E-state index contributed by atoms with van der Waals surface area (Å²) in [6.45, 7) is 24.2. The Hall–Kier alpha value is -6.67. The van der Waals surface area contributed by atoms with E-state index in [-0.39, 0.29) is 37.9 Å². The van der Waals surface area contributed by atoms with Gasteiger partial charge in [-0.15, -0.1) is 45.3 Å².